The fraction of sp³-hybridized carbons (Fsp3) is 0.500. The molecule has 1 saturated heterocycles. The minimum absolute atomic E-state index is 0. The minimum Gasteiger partial charge on any atom is -0.346 e. The maximum absolute atomic E-state index is 12.2. The van der Waals surface area contributed by atoms with E-state index in [1.54, 1.807) is 24.3 Å². The van der Waals surface area contributed by atoms with Crippen LogP contribution >= 0.6 is 24.8 Å². The van der Waals surface area contributed by atoms with Gasteiger partial charge in [-0.05, 0) is 50.2 Å². The number of carbonyl (C=O) groups is 3. The van der Waals surface area contributed by atoms with Crippen molar-refractivity contribution in [3.63, 3.8) is 0 Å². The molecule has 8 nitrogen and oxygen atoms in total. The summed E-state index contributed by atoms with van der Waals surface area (Å²) in [5.41, 5.74) is 6.42. The highest BCUT2D eigenvalue weighted by Gasteiger charge is 2.13. The molecule has 1 fully saturated rings. The molecule has 0 aromatic heterocycles. The highest BCUT2D eigenvalue weighted by molar-refractivity contribution is 5.95. The smallest absolute Gasteiger partial charge is 0.243 e. The molecular formula is C18H29Cl2N5O3. The largest absolute Gasteiger partial charge is 0.346 e. The third kappa shape index (κ3) is 9.89. The zero-order valence-electron chi connectivity index (χ0n) is 15.7. The van der Waals surface area contributed by atoms with Crippen LogP contribution in [-0.2, 0) is 14.4 Å². The maximum atomic E-state index is 12.2. The first-order valence-electron chi connectivity index (χ1n) is 8.95. The van der Waals surface area contributed by atoms with Crippen molar-refractivity contribution in [3.8, 4) is 0 Å². The number of hydrogen-bond acceptors (Lipinski definition) is 5. The lowest BCUT2D eigenvalue weighted by molar-refractivity contribution is -0.123. The molecule has 1 aromatic rings. The first-order valence-corrected chi connectivity index (χ1v) is 8.95. The Morgan fingerprint density at radius 2 is 1.32 bits per heavy atom. The van der Waals surface area contributed by atoms with Crippen LogP contribution in [0.15, 0.2) is 24.3 Å². The number of rotatable bonds is 7. The van der Waals surface area contributed by atoms with Gasteiger partial charge in [-0.3, -0.25) is 19.3 Å². The van der Waals surface area contributed by atoms with Gasteiger partial charge in [-0.2, -0.15) is 0 Å². The van der Waals surface area contributed by atoms with Gasteiger partial charge < -0.3 is 21.7 Å². The van der Waals surface area contributed by atoms with Crippen LogP contribution in [0.1, 0.15) is 25.7 Å². The van der Waals surface area contributed by atoms with E-state index >= 15 is 0 Å². The standard InChI is InChI=1S/C18H27N5O3.2ClH/c19-11-16(24)20-12-17(25)21-14-5-7-15(8-6-14)22-18(26)13-23-9-3-1-2-4-10-23;;/h5-8H,1-4,9-13,19H2,(H,20,24)(H,21,25)(H,22,26);2*1H. The predicted molar refractivity (Wildman–Crippen MR) is 115 cm³/mol. The molecule has 158 valence electrons. The number of halogens is 2. The molecule has 0 spiro atoms. The quantitative estimate of drug-likeness (QED) is 0.517. The Kier molecular flexibility index (Phi) is 13.2. The molecule has 0 saturated carbocycles. The Labute approximate surface area is 177 Å². The van der Waals surface area contributed by atoms with Gasteiger partial charge in [0, 0.05) is 11.4 Å². The van der Waals surface area contributed by atoms with Gasteiger partial charge in [-0.15, -0.1) is 24.8 Å². The van der Waals surface area contributed by atoms with Gasteiger partial charge in [-0.1, -0.05) is 12.8 Å². The summed E-state index contributed by atoms with van der Waals surface area (Å²) in [5, 5.41) is 7.93. The summed E-state index contributed by atoms with van der Waals surface area (Å²) in [7, 11) is 0. The van der Waals surface area contributed by atoms with Gasteiger partial charge in [0.05, 0.1) is 19.6 Å². The molecule has 0 atom stereocenters. The molecule has 0 unspecified atom stereocenters. The fourth-order valence-electron chi connectivity index (χ4n) is 2.79. The first kappa shape index (κ1) is 26.1. The minimum atomic E-state index is -0.386. The van der Waals surface area contributed by atoms with Crippen molar-refractivity contribution in [3.05, 3.63) is 24.3 Å². The molecule has 5 N–H and O–H groups in total. The zero-order chi connectivity index (χ0) is 18.8. The number of nitrogens with two attached hydrogens (primary N) is 1. The van der Waals surface area contributed by atoms with Gasteiger partial charge in [-0.25, -0.2) is 0 Å². The highest BCUT2D eigenvalue weighted by atomic mass is 35.5. The summed E-state index contributed by atoms with van der Waals surface area (Å²) in [6.45, 7) is 2.06. The van der Waals surface area contributed by atoms with E-state index in [0.29, 0.717) is 17.9 Å². The van der Waals surface area contributed by atoms with E-state index in [0.717, 1.165) is 25.9 Å². The Hall–Kier alpha value is -1.87. The van der Waals surface area contributed by atoms with E-state index in [1.807, 2.05) is 0 Å². The van der Waals surface area contributed by atoms with Crippen molar-refractivity contribution in [2.45, 2.75) is 25.7 Å². The molecular weight excluding hydrogens is 405 g/mol. The van der Waals surface area contributed by atoms with Crippen LogP contribution in [0.3, 0.4) is 0 Å². The summed E-state index contributed by atoms with van der Waals surface area (Å²) in [6.07, 6.45) is 4.77. The van der Waals surface area contributed by atoms with Crippen LogP contribution in [-0.4, -0.2) is 55.3 Å². The monoisotopic (exact) mass is 433 g/mol. The molecule has 28 heavy (non-hydrogen) atoms. The molecule has 0 aliphatic carbocycles. The molecule has 1 aliphatic heterocycles. The second-order valence-electron chi connectivity index (χ2n) is 6.34. The molecule has 0 radical (unpaired) electrons. The molecule has 2 rings (SSSR count). The zero-order valence-corrected chi connectivity index (χ0v) is 17.4. The van der Waals surface area contributed by atoms with Gasteiger partial charge in [0.25, 0.3) is 0 Å². The van der Waals surface area contributed by atoms with Crippen molar-refractivity contribution in [1.29, 1.82) is 0 Å². The van der Waals surface area contributed by atoms with E-state index in [-0.39, 0.29) is 55.6 Å². The molecule has 1 aliphatic rings. The second-order valence-corrected chi connectivity index (χ2v) is 6.34. The number of nitrogens with one attached hydrogen (secondary N) is 3. The average molecular weight is 434 g/mol. The molecule has 3 amide bonds. The summed E-state index contributed by atoms with van der Waals surface area (Å²) < 4.78 is 0. The molecule has 1 heterocycles. The van der Waals surface area contributed by atoms with Gasteiger partial charge in [0.1, 0.15) is 0 Å². The Balaban J connectivity index is 0.00000364. The third-order valence-corrected chi connectivity index (χ3v) is 4.15. The van der Waals surface area contributed by atoms with Crippen LogP contribution < -0.4 is 21.7 Å². The first-order chi connectivity index (χ1) is 12.6. The lowest BCUT2D eigenvalue weighted by atomic mass is 10.2. The second kappa shape index (κ2) is 14.2. The maximum Gasteiger partial charge on any atom is 0.243 e. The highest BCUT2D eigenvalue weighted by Crippen LogP contribution is 2.14. The summed E-state index contributed by atoms with van der Waals surface area (Å²) >= 11 is 0. The van der Waals surface area contributed by atoms with Crippen LogP contribution in [0.4, 0.5) is 11.4 Å². The van der Waals surface area contributed by atoms with E-state index in [2.05, 4.69) is 20.9 Å². The topological polar surface area (TPSA) is 117 Å². The van der Waals surface area contributed by atoms with Crippen LogP contribution in [0.2, 0.25) is 0 Å². The van der Waals surface area contributed by atoms with E-state index in [9.17, 15) is 14.4 Å². The molecule has 10 heteroatoms. The summed E-state index contributed by atoms with van der Waals surface area (Å²) in [4.78, 5) is 37.1. The number of nitrogens with zero attached hydrogens (tertiary/aromatic N) is 1. The van der Waals surface area contributed by atoms with Gasteiger partial charge in [0.2, 0.25) is 17.7 Å². The lowest BCUT2D eigenvalue weighted by Gasteiger charge is -2.19. The number of amides is 3. The molecule has 1 aromatic carbocycles. The fourth-order valence-corrected chi connectivity index (χ4v) is 2.79. The van der Waals surface area contributed by atoms with E-state index in [4.69, 9.17) is 5.73 Å². The summed E-state index contributed by atoms with van der Waals surface area (Å²) in [6, 6.07) is 6.86. The van der Waals surface area contributed by atoms with E-state index < -0.39 is 0 Å². The lowest BCUT2D eigenvalue weighted by Crippen LogP contribution is -2.36. The predicted octanol–water partition coefficient (Wildman–Crippen LogP) is 1.36. The van der Waals surface area contributed by atoms with Crippen LogP contribution in [0.5, 0.6) is 0 Å². The van der Waals surface area contributed by atoms with Crippen molar-refractivity contribution < 1.29 is 14.4 Å². The van der Waals surface area contributed by atoms with Crippen molar-refractivity contribution in [2.24, 2.45) is 5.73 Å². The van der Waals surface area contributed by atoms with Gasteiger partial charge in [0.15, 0.2) is 0 Å². The van der Waals surface area contributed by atoms with Crippen LogP contribution in [0.25, 0.3) is 0 Å². The van der Waals surface area contributed by atoms with Crippen molar-refractivity contribution in [1.82, 2.24) is 10.2 Å². The van der Waals surface area contributed by atoms with Crippen molar-refractivity contribution in [2.75, 3.05) is 43.4 Å². The number of hydrogen-bond donors (Lipinski definition) is 4. The average Bonchev–Trinajstić information content (AvgIpc) is 2.90. The van der Waals surface area contributed by atoms with E-state index in [1.165, 1.54) is 12.8 Å². The number of anilines is 2. The molecule has 0 bridgehead atoms. The summed E-state index contributed by atoms with van der Waals surface area (Å²) in [5.74, 6) is -0.763. The normalized spacial score (nSPS) is 13.9. The van der Waals surface area contributed by atoms with Gasteiger partial charge >= 0.3 is 0 Å². The number of likely N-dealkylation sites (tertiary alicyclic amines) is 1. The van der Waals surface area contributed by atoms with Crippen molar-refractivity contribution >= 4 is 53.9 Å². The third-order valence-electron chi connectivity index (χ3n) is 4.15. The Morgan fingerprint density at radius 1 is 0.821 bits per heavy atom. The van der Waals surface area contributed by atoms with Crippen LogP contribution in [0, 0.1) is 0 Å². The SMILES string of the molecule is Cl.Cl.NCC(=O)NCC(=O)Nc1ccc(NC(=O)CN2CCCCCC2)cc1. The number of benzene rings is 1. The number of carbonyl (C=O) groups excluding carboxylic acids is 3. The Morgan fingerprint density at radius 3 is 1.82 bits per heavy atom. The Bertz CT molecular complexity index is 620.